The number of hydrogen-bond donors (Lipinski definition) is 2. The zero-order valence-electron chi connectivity index (χ0n) is 15.2. The molecule has 4 rings (SSSR count). The summed E-state index contributed by atoms with van der Waals surface area (Å²) in [6.07, 6.45) is 9.74. The minimum atomic E-state index is 0.0146. The van der Waals surface area contributed by atoms with Gasteiger partial charge in [-0.3, -0.25) is 9.59 Å². The molecule has 0 aromatic carbocycles. The van der Waals surface area contributed by atoms with Crippen LogP contribution in [-0.2, 0) is 11.2 Å². The van der Waals surface area contributed by atoms with Gasteiger partial charge in [-0.15, -0.1) is 0 Å². The molecule has 3 aliphatic rings. The van der Waals surface area contributed by atoms with E-state index >= 15 is 0 Å². The third-order valence-electron chi connectivity index (χ3n) is 5.54. The summed E-state index contributed by atoms with van der Waals surface area (Å²) in [6.45, 7) is 2.12. The van der Waals surface area contributed by atoms with E-state index in [1.54, 1.807) is 6.20 Å². The van der Waals surface area contributed by atoms with Gasteiger partial charge in [0.1, 0.15) is 0 Å². The Balaban J connectivity index is 1.44. The van der Waals surface area contributed by atoms with Crippen molar-refractivity contribution in [1.82, 2.24) is 20.2 Å². The largest absolute Gasteiger partial charge is 0.355 e. The van der Waals surface area contributed by atoms with E-state index in [2.05, 4.69) is 20.6 Å². The van der Waals surface area contributed by atoms with Crippen molar-refractivity contribution in [3.8, 4) is 0 Å². The smallest absolute Gasteiger partial charge is 0.257 e. The highest BCUT2D eigenvalue weighted by molar-refractivity contribution is 5.95. The van der Waals surface area contributed by atoms with Crippen LogP contribution in [0.5, 0.6) is 0 Å². The molecule has 7 heteroatoms. The van der Waals surface area contributed by atoms with E-state index in [0.717, 1.165) is 63.7 Å². The van der Waals surface area contributed by atoms with Crippen LogP contribution >= 0.6 is 0 Å². The van der Waals surface area contributed by atoms with Gasteiger partial charge >= 0.3 is 0 Å². The minimum Gasteiger partial charge on any atom is -0.355 e. The molecule has 2 saturated carbocycles. The first-order valence-corrected chi connectivity index (χ1v) is 9.90. The van der Waals surface area contributed by atoms with Crippen LogP contribution in [0.1, 0.15) is 61.0 Å². The highest BCUT2D eigenvalue weighted by Crippen LogP contribution is 2.26. The van der Waals surface area contributed by atoms with Crippen LogP contribution in [0.4, 0.5) is 5.95 Å². The van der Waals surface area contributed by atoms with Crippen molar-refractivity contribution in [2.24, 2.45) is 5.92 Å². The predicted molar refractivity (Wildman–Crippen MR) is 97.9 cm³/mol. The lowest BCUT2D eigenvalue weighted by atomic mass is 9.85. The monoisotopic (exact) mass is 357 g/mol. The number of hydrogen-bond acceptors (Lipinski definition) is 5. The third kappa shape index (κ3) is 3.97. The molecule has 26 heavy (non-hydrogen) atoms. The minimum absolute atomic E-state index is 0.0146. The van der Waals surface area contributed by atoms with Gasteiger partial charge in [-0.25, -0.2) is 9.97 Å². The summed E-state index contributed by atoms with van der Waals surface area (Å²) in [6, 6.07) is 0.460. The number of nitrogens with zero attached hydrogens (tertiary/aromatic N) is 3. The van der Waals surface area contributed by atoms with Crippen molar-refractivity contribution in [1.29, 1.82) is 0 Å². The number of nitrogens with one attached hydrogen (secondary N) is 2. The normalized spacial score (nSPS) is 19.9. The number of aromatic nitrogens is 2. The first-order chi connectivity index (χ1) is 12.7. The molecule has 3 fully saturated rings. The standard InChI is InChI=1S/C19H27N5O2/c25-17(13-4-3-5-13)20-9-8-16-15(18(26)24-10-1-2-11-24)12-21-19(23-16)22-14-6-7-14/h12-14H,1-11H2,(H,20,25)(H,21,22,23). The summed E-state index contributed by atoms with van der Waals surface area (Å²) in [5.74, 6) is 0.916. The Hall–Kier alpha value is -2.18. The number of carbonyl (C=O) groups is 2. The molecule has 7 nitrogen and oxygen atoms in total. The first-order valence-electron chi connectivity index (χ1n) is 9.90. The lowest BCUT2D eigenvalue weighted by Gasteiger charge is -2.24. The highest BCUT2D eigenvalue weighted by atomic mass is 16.2. The van der Waals surface area contributed by atoms with Crippen LogP contribution < -0.4 is 10.6 Å². The second-order valence-electron chi connectivity index (χ2n) is 7.64. The lowest BCUT2D eigenvalue weighted by molar-refractivity contribution is -0.127. The van der Waals surface area contributed by atoms with E-state index in [9.17, 15) is 9.59 Å². The average Bonchev–Trinajstić information content (AvgIpc) is 3.22. The molecular weight excluding hydrogens is 330 g/mol. The maximum absolute atomic E-state index is 12.8. The van der Waals surface area contributed by atoms with Gasteiger partial charge in [0, 0.05) is 44.2 Å². The Kier molecular flexibility index (Phi) is 5.04. The van der Waals surface area contributed by atoms with Crippen molar-refractivity contribution in [3.05, 3.63) is 17.5 Å². The molecule has 140 valence electrons. The average molecular weight is 357 g/mol. The van der Waals surface area contributed by atoms with Gasteiger partial charge in [0.05, 0.1) is 11.3 Å². The van der Waals surface area contributed by atoms with Crippen molar-refractivity contribution in [3.63, 3.8) is 0 Å². The van der Waals surface area contributed by atoms with Crippen molar-refractivity contribution in [2.75, 3.05) is 25.0 Å². The maximum Gasteiger partial charge on any atom is 0.257 e. The molecule has 1 aromatic rings. The molecule has 2 N–H and O–H groups in total. The summed E-state index contributed by atoms with van der Waals surface area (Å²) >= 11 is 0. The Labute approximate surface area is 154 Å². The van der Waals surface area contributed by atoms with Crippen molar-refractivity contribution >= 4 is 17.8 Å². The topological polar surface area (TPSA) is 87.2 Å². The molecular formula is C19H27N5O2. The van der Waals surface area contributed by atoms with Crippen LogP contribution in [0.25, 0.3) is 0 Å². The highest BCUT2D eigenvalue weighted by Gasteiger charge is 2.27. The Morgan fingerprint density at radius 1 is 1.12 bits per heavy atom. The van der Waals surface area contributed by atoms with E-state index in [1.165, 1.54) is 0 Å². The molecule has 2 aliphatic carbocycles. The number of carbonyl (C=O) groups excluding carboxylic acids is 2. The maximum atomic E-state index is 12.8. The molecule has 1 aromatic heterocycles. The molecule has 0 unspecified atom stereocenters. The molecule has 2 amide bonds. The quantitative estimate of drug-likeness (QED) is 0.776. The number of anilines is 1. The van der Waals surface area contributed by atoms with E-state index in [-0.39, 0.29) is 17.7 Å². The van der Waals surface area contributed by atoms with Gasteiger partial charge in [0.2, 0.25) is 11.9 Å². The number of rotatable bonds is 7. The lowest BCUT2D eigenvalue weighted by Crippen LogP contribution is -2.36. The second-order valence-corrected chi connectivity index (χ2v) is 7.64. The van der Waals surface area contributed by atoms with Crippen LogP contribution in [0.3, 0.4) is 0 Å². The van der Waals surface area contributed by atoms with Crippen molar-refractivity contribution < 1.29 is 9.59 Å². The predicted octanol–water partition coefficient (Wildman–Crippen LogP) is 1.75. The van der Waals surface area contributed by atoms with E-state index in [4.69, 9.17) is 0 Å². The summed E-state index contributed by atoms with van der Waals surface area (Å²) in [5.41, 5.74) is 1.31. The van der Waals surface area contributed by atoms with Crippen molar-refractivity contribution in [2.45, 2.75) is 57.4 Å². The zero-order chi connectivity index (χ0) is 17.9. The fourth-order valence-electron chi connectivity index (χ4n) is 3.48. The Morgan fingerprint density at radius 3 is 2.54 bits per heavy atom. The van der Waals surface area contributed by atoms with Gasteiger partial charge < -0.3 is 15.5 Å². The second kappa shape index (κ2) is 7.60. The number of likely N-dealkylation sites (tertiary alicyclic amines) is 1. The van der Waals surface area contributed by atoms with E-state index in [0.29, 0.717) is 30.5 Å². The van der Waals surface area contributed by atoms with Crippen LogP contribution in [-0.4, -0.2) is 52.4 Å². The summed E-state index contributed by atoms with van der Waals surface area (Å²) in [5, 5.41) is 6.29. The van der Waals surface area contributed by atoms with E-state index in [1.807, 2.05) is 4.90 Å². The Morgan fingerprint density at radius 2 is 1.88 bits per heavy atom. The van der Waals surface area contributed by atoms with E-state index < -0.39 is 0 Å². The fraction of sp³-hybridized carbons (Fsp3) is 0.684. The van der Waals surface area contributed by atoms with Crippen LogP contribution in [0.2, 0.25) is 0 Å². The van der Waals surface area contributed by atoms with Crippen LogP contribution in [0.15, 0.2) is 6.20 Å². The van der Waals surface area contributed by atoms with Gasteiger partial charge in [0.25, 0.3) is 5.91 Å². The first kappa shape index (κ1) is 17.2. The summed E-state index contributed by atoms with van der Waals surface area (Å²) in [4.78, 5) is 35.7. The molecule has 1 saturated heterocycles. The van der Waals surface area contributed by atoms with Gasteiger partial charge in [-0.05, 0) is 38.5 Å². The van der Waals surface area contributed by atoms with Crippen LogP contribution in [0, 0.1) is 5.92 Å². The SMILES string of the molecule is O=C(NCCc1nc(NC2CC2)ncc1C(=O)N1CCCC1)C1CCC1. The molecule has 0 spiro atoms. The molecule has 2 heterocycles. The van der Waals surface area contributed by atoms with Gasteiger partial charge in [-0.2, -0.15) is 0 Å². The summed E-state index contributed by atoms with van der Waals surface area (Å²) in [7, 11) is 0. The summed E-state index contributed by atoms with van der Waals surface area (Å²) < 4.78 is 0. The number of amides is 2. The third-order valence-corrected chi connectivity index (χ3v) is 5.54. The fourth-order valence-corrected chi connectivity index (χ4v) is 3.48. The molecule has 0 bridgehead atoms. The van der Waals surface area contributed by atoms with Gasteiger partial charge in [0.15, 0.2) is 0 Å². The zero-order valence-corrected chi connectivity index (χ0v) is 15.2. The Bertz CT molecular complexity index is 679. The molecule has 0 atom stereocenters. The molecule has 0 radical (unpaired) electrons. The molecule has 1 aliphatic heterocycles. The van der Waals surface area contributed by atoms with Gasteiger partial charge in [-0.1, -0.05) is 6.42 Å².